The second-order valence-electron chi connectivity index (χ2n) is 6.80. The largest absolute Gasteiger partial charge is 0.332 e. The molecule has 1 saturated heterocycles. The zero-order valence-electron chi connectivity index (χ0n) is 15.0. The average Bonchev–Trinajstić information content (AvgIpc) is 3.12. The first-order valence-corrected chi connectivity index (χ1v) is 9.97. The van der Waals surface area contributed by atoms with Crippen molar-refractivity contribution in [2.45, 2.75) is 13.5 Å². The summed E-state index contributed by atoms with van der Waals surface area (Å²) in [5.41, 5.74) is 3.54. The maximum absolute atomic E-state index is 4.77. The van der Waals surface area contributed by atoms with Gasteiger partial charge in [0.2, 0.25) is 0 Å². The molecule has 1 fully saturated rings. The molecule has 0 radical (unpaired) electrons. The molecule has 3 aromatic rings. The lowest BCUT2D eigenvalue weighted by Crippen LogP contribution is -3.13. The molecule has 134 valence electrons. The van der Waals surface area contributed by atoms with Gasteiger partial charge in [-0.1, -0.05) is 23.8 Å². The topological polar surface area (TPSA) is 46.7 Å². The fourth-order valence-corrected chi connectivity index (χ4v) is 4.01. The van der Waals surface area contributed by atoms with Gasteiger partial charge in [-0.3, -0.25) is 4.90 Å². The maximum Gasteiger partial charge on any atom is 0.274 e. The Bertz CT molecular complexity index is 823. The van der Waals surface area contributed by atoms with E-state index in [1.54, 1.807) is 16.2 Å². The SMILES string of the molecule is Cc1ccc(Nc2nc(C[NH+]3CCN(c4cccc[nH+]4)CC3)cs2)cc1. The van der Waals surface area contributed by atoms with Crippen molar-refractivity contribution in [3.63, 3.8) is 0 Å². The van der Waals surface area contributed by atoms with E-state index in [1.807, 2.05) is 12.3 Å². The summed E-state index contributed by atoms with van der Waals surface area (Å²) < 4.78 is 0. The summed E-state index contributed by atoms with van der Waals surface area (Å²) in [5.74, 6) is 1.21. The van der Waals surface area contributed by atoms with Crippen LogP contribution in [0.2, 0.25) is 0 Å². The number of hydrogen-bond acceptors (Lipinski definition) is 4. The Kier molecular flexibility index (Phi) is 5.13. The minimum absolute atomic E-state index is 0.973. The second-order valence-corrected chi connectivity index (χ2v) is 7.65. The molecule has 0 aliphatic carbocycles. The molecule has 4 rings (SSSR count). The highest BCUT2D eigenvalue weighted by molar-refractivity contribution is 7.13. The fourth-order valence-electron chi connectivity index (χ4n) is 3.28. The van der Waals surface area contributed by atoms with E-state index in [0.29, 0.717) is 0 Å². The molecule has 1 aliphatic heterocycles. The van der Waals surface area contributed by atoms with Crippen LogP contribution in [-0.2, 0) is 6.54 Å². The third-order valence-electron chi connectivity index (χ3n) is 4.79. The number of rotatable bonds is 5. The summed E-state index contributed by atoms with van der Waals surface area (Å²) in [6.45, 7) is 7.53. The molecule has 0 spiro atoms. The number of thiazole rings is 1. The molecule has 5 nitrogen and oxygen atoms in total. The van der Waals surface area contributed by atoms with Gasteiger partial charge in [0.1, 0.15) is 38.4 Å². The van der Waals surface area contributed by atoms with Crippen LogP contribution in [-0.4, -0.2) is 31.2 Å². The van der Waals surface area contributed by atoms with Gasteiger partial charge in [-0.2, -0.15) is 0 Å². The quantitative estimate of drug-likeness (QED) is 0.724. The molecule has 0 bridgehead atoms. The third-order valence-corrected chi connectivity index (χ3v) is 5.60. The first kappa shape index (κ1) is 17.0. The number of aromatic amines is 1. The number of hydrogen-bond donors (Lipinski definition) is 2. The number of aromatic nitrogens is 2. The lowest BCUT2D eigenvalue weighted by Gasteiger charge is -2.27. The minimum atomic E-state index is 0.973. The van der Waals surface area contributed by atoms with Gasteiger partial charge in [-0.15, -0.1) is 11.3 Å². The predicted molar refractivity (Wildman–Crippen MR) is 106 cm³/mol. The van der Waals surface area contributed by atoms with Crippen molar-refractivity contribution in [3.8, 4) is 0 Å². The number of anilines is 3. The molecule has 1 aliphatic rings. The molecule has 6 heteroatoms. The van der Waals surface area contributed by atoms with Crippen LogP contribution < -0.4 is 20.1 Å². The zero-order valence-corrected chi connectivity index (χ0v) is 15.9. The molecule has 1 aromatic carbocycles. The number of H-pyrrole nitrogens is 1. The molecule has 0 saturated carbocycles. The summed E-state index contributed by atoms with van der Waals surface area (Å²) in [5, 5.41) is 6.56. The Morgan fingerprint density at radius 3 is 2.69 bits per heavy atom. The Morgan fingerprint density at radius 2 is 1.96 bits per heavy atom. The van der Waals surface area contributed by atoms with Gasteiger partial charge >= 0.3 is 0 Å². The van der Waals surface area contributed by atoms with Crippen molar-refractivity contribution in [2.75, 3.05) is 36.4 Å². The second kappa shape index (κ2) is 7.85. The Morgan fingerprint density at radius 1 is 1.15 bits per heavy atom. The van der Waals surface area contributed by atoms with Crippen molar-refractivity contribution in [1.29, 1.82) is 0 Å². The van der Waals surface area contributed by atoms with E-state index in [-0.39, 0.29) is 0 Å². The van der Waals surface area contributed by atoms with Crippen LogP contribution in [0.15, 0.2) is 54.0 Å². The van der Waals surface area contributed by atoms with Crippen LogP contribution in [0.5, 0.6) is 0 Å². The van der Waals surface area contributed by atoms with Crippen LogP contribution in [0.25, 0.3) is 0 Å². The number of pyridine rings is 1. The van der Waals surface area contributed by atoms with Gasteiger partial charge in [0, 0.05) is 17.1 Å². The molecular formula is C20H25N5S+2. The number of nitrogens with one attached hydrogen (secondary N) is 3. The molecule has 3 N–H and O–H groups in total. The van der Waals surface area contributed by atoms with E-state index in [4.69, 9.17) is 4.98 Å². The van der Waals surface area contributed by atoms with Gasteiger partial charge in [0.05, 0.1) is 6.20 Å². The van der Waals surface area contributed by atoms with Gasteiger partial charge in [0.25, 0.3) is 5.82 Å². The zero-order chi connectivity index (χ0) is 17.8. The van der Waals surface area contributed by atoms with Crippen molar-refractivity contribution < 1.29 is 9.88 Å². The summed E-state index contributed by atoms with van der Waals surface area (Å²) in [6.07, 6.45) is 1.99. The lowest BCUT2D eigenvalue weighted by atomic mass is 10.2. The maximum atomic E-state index is 4.77. The minimum Gasteiger partial charge on any atom is -0.332 e. The molecule has 2 aromatic heterocycles. The first-order valence-electron chi connectivity index (χ1n) is 9.09. The highest BCUT2D eigenvalue weighted by atomic mass is 32.1. The monoisotopic (exact) mass is 367 g/mol. The van der Waals surface area contributed by atoms with E-state index >= 15 is 0 Å². The summed E-state index contributed by atoms with van der Waals surface area (Å²) in [4.78, 5) is 12.1. The van der Waals surface area contributed by atoms with Crippen LogP contribution in [0.4, 0.5) is 16.6 Å². The third kappa shape index (κ3) is 4.20. The Labute approximate surface area is 158 Å². The summed E-state index contributed by atoms with van der Waals surface area (Å²) in [6, 6.07) is 14.7. The normalized spacial score (nSPS) is 15.2. The van der Waals surface area contributed by atoms with Crippen molar-refractivity contribution in [2.24, 2.45) is 0 Å². The van der Waals surface area contributed by atoms with Gasteiger partial charge < -0.3 is 10.2 Å². The van der Waals surface area contributed by atoms with Gasteiger partial charge in [-0.25, -0.2) is 9.97 Å². The summed E-state index contributed by atoms with van der Waals surface area (Å²) in [7, 11) is 0. The van der Waals surface area contributed by atoms with Crippen molar-refractivity contribution in [3.05, 3.63) is 65.3 Å². The van der Waals surface area contributed by atoms with Crippen LogP contribution in [0.3, 0.4) is 0 Å². The standard InChI is InChI=1S/C20H23N5S/c1-16-5-7-17(8-6-16)22-20-23-18(15-26-20)14-24-10-12-25(13-11-24)19-4-2-3-9-21-19/h2-9,15H,10-14H2,1H3,(H,22,23)/p+2. The Hall–Kier alpha value is -2.44. The Balaban J connectivity index is 1.30. The van der Waals surface area contributed by atoms with Gasteiger partial charge in [-0.05, 0) is 25.1 Å². The highest BCUT2D eigenvalue weighted by Gasteiger charge is 2.26. The summed E-state index contributed by atoms with van der Waals surface area (Å²) >= 11 is 1.68. The molecular weight excluding hydrogens is 342 g/mol. The molecule has 0 atom stereocenters. The van der Waals surface area contributed by atoms with E-state index in [9.17, 15) is 0 Å². The number of quaternary nitrogens is 1. The number of nitrogens with zero attached hydrogens (tertiary/aromatic N) is 2. The molecule has 0 unspecified atom stereocenters. The van der Waals surface area contributed by atoms with Crippen molar-refractivity contribution in [1.82, 2.24) is 4.98 Å². The van der Waals surface area contributed by atoms with Crippen molar-refractivity contribution >= 4 is 28.0 Å². The number of benzene rings is 1. The van der Waals surface area contributed by atoms with Crippen LogP contribution >= 0.6 is 11.3 Å². The fraction of sp³-hybridized carbons (Fsp3) is 0.300. The molecule has 3 heterocycles. The van der Waals surface area contributed by atoms with E-state index in [2.05, 4.69) is 63.9 Å². The molecule has 0 amide bonds. The van der Waals surface area contributed by atoms with E-state index in [0.717, 1.165) is 43.5 Å². The highest BCUT2D eigenvalue weighted by Crippen LogP contribution is 2.21. The van der Waals surface area contributed by atoms with Crippen LogP contribution in [0, 0.1) is 6.92 Å². The number of piperazine rings is 1. The van der Waals surface area contributed by atoms with Crippen LogP contribution in [0.1, 0.15) is 11.3 Å². The van der Waals surface area contributed by atoms with E-state index in [1.165, 1.54) is 17.1 Å². The molecule has 26 heavy (non-hydrogen) atoms. The smallest absolute Gasteiger partial charge is 0.274 e. The first-order chi connectivity index (χ1) is 12.8. The van der Waals surface area contributed by atoms with E-state index < -0.39 is 0 Å². The lowest BCUT2D eigenvalue weighted by molar-refractivity contribution is -0.914. The average molecular weight is 368 g/mol. The van der Waals surface area contributed by atoms with Gasteiger partial charge in [0.15, 0.2) is 5.13 Å². The number of aryl methyl sites for hydroxylation is 1. The predicted octanol–water partition coefficient (Wildman–Crippen LogP) is 1.91.